The molecule has 27 valence electrons. The van der Waals surface area contributed by atoms with Crippen LogP contribution in [-0.2, 0) is 0 Å². The van der Waals surface area contributed by atoms with Crippen molar-refractivity contribution in [2.45, 2.75) is 0 Å². The molecule has 0 aromatic carbocycles. The Balaban J connectivity index is 0. The zero-order valence-corrected chi connectivity index (χ0v) is 6.95. The van der Waals surface area contributed by atoms with Crippen molar-refractivity contribution in [3.8, 4) is 0 Å². The van der Waals surface area contributed by atoms with E-state index in [0.717, 1.165) is 0 Å². The molecule has 0 fully saturated rings. The Hall–Kier alpha value is 1.23. The molecule has 1 radical (unpaired) electrons. The van der Waals surface area contributed by atoms with Gasteiger partial charge in [-0.1, -0.05) is 0 Å². The van der Waals surface area contributed by atoms with E-state index in [1.165, 1.54) is 0 Å². The summed E-state index contributed by atoms with van der Waals surface area (Å²) in [4.78, 5) is 25.4. The summed E-state index contributed by atoms with van der Waals surface area (Å²) in [7, 11) is -3.37. The molecule has 0 aliphatic rings. The second-order valence-electron chi connectivity index (χ2n) is 0.224. The summed E-state index contributed by atoms with van der Waals surface area (Å²) in [6, 6.07) is 0. The van der Waals surface area contributed by atoms with E-state index < -0.39 is 8.60 Å². The molecule has 0 aromatic heterocycles. The standard InChI is InChI=1S/O3P.Pb/c1-4(2)3;/q-3;+3. The second-order valence-corrected chi connectivity index (χ2v) is 0.671. The van der Waals surface area contributed by atoms with Gasteiger partial charge in [0.15, 0.2) is 0 Å². The first-order valence-electron chi connectivity index (χ1n) is 0.548. The minimum absolute atomic E-state index is 0. The third-order valence-corrected chi connectivity index (χ3v) is 0. The van der Waals surface area contributed by atoms with Gasteiger partial charge in [-0.3, -0.25) is 0 Å². The van der Waals surface area contributed by atoms with Crippen molar-refractivity contribution in [3.63, 3.8) is 0 Å². The van der Waals surface area contributed by atoms with Gasteiger partial charge >= 0.3 is 27.3 Å². The van der Waals surface area contributed by atoms with Crippen LogP contribution >= 0.6 is 8.60 Å². The molecule has 3 nitrogen and oxygen atoms in total. The maximum atomic E-state index is 8.48. The van der Waals surface area contributed by atoms with Crippen LogP contribution in [0.1, 0.15) is 0 Å². The van der Waals surface area contributed by atoms with Crippen molar-refractivity contribution in [2.24, 2.45) is 0 Å². The average molecular weight is 286 g/mol. The smallest absolute Gasteiger partial charge is 0.854 e. The number of hydrogen-bond donors (Lipinski definition) is 0. The summed E-state index contributed by atoms with van der Waals surface area (Å²) in [6.45, 7) is 0. The van der Waals surface area contributed by atoms with Crippen molar-refractivity contribution < 1.29 is 14.7 Å². The first kappa shape index (κ1) is 9.53. The molecule has 0 N–H and O–H groups in total. The van der Waals surface area contributed by atoms with Crippen molar-refractivity contribution >= 4 is 35.9 Å². The summed E-state index contributed by atoms with van der Waals surface area (Å²) in [6.07, 6.45) is 0. The molecule has 0 aromatic rings. The Bertz CT molecular complexity index is 11.6. The van der Waals surface area contributed by atoms with Crippen LogP contribution in [0.25, 0.3) is 0 Å². The normalized spacial score (nSPS) is 7.20. The molecular weight excluding hydrogens is 286 g/mol. The van der Waals surface area contributed by atoms with E-state index >= 15 is 0 Å². The molecule has 0 saturated heterocycles. The maximum absolute atomic E-state index is 8.48. The first-order chi connectivity index (χ1) is 1.73. The fourth-order valence-corrected chi connectivity index (χ4v) is 0. The SMILES string of the molecule is [O-]P([O-])[O-].[Pb+3]. The molecule has 0 heterocycles. The topological polar surface area (TPSA) is 69.2 Å². The number of hydrogen-bond acceptors (Lipinski definition) is 3. The van der Waals surface area contributed by atoms with Crippen LogP contribution in [0.2, 0.25) is 0 Å². The van der Waals surface area contributed by atoms with Crippen molar-refractivity contribution in [1.29, 1.82) is 0 Å². The molecule has 0 amide bonds. The van der Waals surface area contributed by atoms with E-state index in [-0.39, 0.29) is 27.3 Å². The Morgan fingerprint density at radius 3 is 1.00 bits per heavy atom. The monoisotopic (exact) mass is 287 g/mol. The van der Waals surface area contributed by atoms with Crippen molar-refractivity contribution in [2.75, 3.05) is 0 Å². The van der Waals surface area contributed by atoms with Gasteiger partial charge in [-0.05, 0) is 0 Å². The third kappa shape index (κ3) is 36.0. The van der Waals surface area contributed by atoms with Crippen LogP contribution in [0.4, 0.5) is 0 Å². The van der Waals surface area contributed by atoms with Gasteiger partial charge in [0, 0.05) is 0 Å². The third-order valence-electron chi connectivity index (χ3n) is 0. The fraction of sp³-hybridized carbons (Fsp3) is 0. The summed E-state index contributed by atoms with van der Waals surface area (Å²) >= 11 is 0. The van der Waals surface area contributed by atoms with E-state index in [1.54, 1.807) is 0 Å². The van der Waals surface area contributed by atoms with E-state index in [0.29, 0.717) is 0 Å². The summed E-state index contributed by atoms with van der Waals surface area (Å²) in [5.41, 5.74) is 0. The summed E-state index contributed by atoms with van der Waals surface area (Å²) in [5, 5.41) is 0. The largest absolute Gasteiger partial charge is 3.00 e. The quantitative estimate of drug-likeness (QED) is 0.350. The maximum Gasteiger partial charge on any atom is 3.00 e. The van der Waals surface area contributed by atoms with E-state index in [4.69, 9.17) is 14.7 Å². The van der Waals surface area contributed by atoms with E-state index in [9.17, 15) is 0 Å². The molecule has 0 bridgehead atoms. The Morgan fingerprint density at radius 2 is 1.00 bits per heavy atom. The predicted molar refractivity (Wildman–Crippen MR) is 12.7 cm³/mol. The van der Waals surface area contributed by atoms with Gasteiger partial charge in [0.2, 0.25) is 0 Å². The predicted octanol–water partition coefficient (Wildman–Crippen LogP) is -3.09. The van der Waals surface area contributed by atoms with Gasteiger partial charge in [0.1, 0.15) is 0 Å². The van der Waals surface area contributed by atoms with E-state index in [2.05, 4.69) is 0 Å². The summed E-state index contributed by atoms with van der Waals surface area (Å²) in [5.74, 6) is 0. The minimum atomic E-state index is -3.37. The van der Waals surface area contributed by atoms with Gasteiger partial charge in [0.05, 0.1) is 0 Å². The first-order valence-corrected chi connectivity index (χ1v) is 1.64. The second kappa shape index (κ2) is 5.23. The summed E-state index contributed by atoms with van der Waals surface area (Å²) < 4.78 is 0. The minimum Gasteiger partial charge on any atom is -0.854 e. The van der Waals surface area contributed by atoms with Gasteiger partial charge in [-0.2, -0.15) is 0 Å². The van der Waals surface area contributed by atoms with E-state index in [1.807, 2.05) is 0 Å². The number of rotatable bonds is 0. The van der Waals surface area contributed by atoms with Gasteiger partial charge in [-0.15, -0.1) is 0 Å². The average Bonchev–Trinajstić information content (AvgIpc) is 0.811. The molecule has 0 unspecified atom stereocenters. The molecule has 5 heavy (non-hydrogen) atoms. The molecule has 0 aliphatic heterocycles. The van der Waals surface area contributed by atoms with Crippen LogP contribution in [0, 0.1) is 0 Å². The molecule has 0 aliphatic carbocycles. The Kier molecular flexibility index (Phi) is 9.97. The molecule has 0 spiro atoms. The van der Waals surface area contributed by atoms with Gasteiger partial charge < -0.3 is 23.3 Å². The molecule has 5 heteroatoms. The van der Waals surface area contributed by atoms with Crippen LogP contribution < -0.4 is 14.7 Å². The Morgan fingerprint density at radius 1 is 1.00 bits per heavy atom. The van der Waals surface area contributed by atoms with Crippen LogP contribution in [0.15, 0.2) is 0 Å². The molecule has 0 saturated carbocycles. The fourth-order valence-electron chi connectivity index (χ4n) is 0. The van der Waals surface area contributed by atoms with Crippen LogP contribution in [-0.4, -0.2) is 27.3 Å². The molecular formula is O3PPb. The van der Waals surface area contributed by atoms with Crippen molar-refractivity contribution in [1.82, 2.24) is 0 Å². The molecule has 0 atom stereocenters. The zero-order valence-electron chi connectivity index (χ0n) is 2.17. The molecule has 0 rings (SSSR count). The van der Waals surface area contributed by atoms with Crippen molar-refractivity contribution in [3.05, 3.63) is 0 Å². The van der Waals surface area contributed by atoms with Crippen LogP contribution in [0.3, 0.4) is 0 Å². The van der Waals surface area contributed by atoms with Crippen LogP contribution in [0.5, 0.6) is 0 Å². The van der Waals surface area contributed by atoms with Gasteiger partial charge in [-0.25, -0.2) is 0 Å². The van der Waals surface area contributed by atoms with Gasteiger partial charge in [0.25, 0.3) is 0 Å². The zero-order chi connectivity index (χ0) is 3.58. The Labute approximate surface area is 50.8 Å².